The molecule has 3 aromatic rings. The molecule has 1 unspecified atom stereocenters. The molecule has 134 valence electrons. The molecule has 1 atom stereocenters. The van der Waals surface area contributed by atoms with Crippen LogP contribution in [0.25, 0.3) is 10.1 Å². The van der Waals surface area contributed by atoms with Crippen LogP contribution in [0.4, 0.5) is 5.82 Å². The van der Waals surface area contributed by atoms with Crippen LogP contribution in [0.3, 0.4) is 0 Å². The van der Waals surface area contributed by atoms with Crippen LogP contribution in [-0.2, 0) is 17.8 Å². The van der Waals surface area contributed by atoms with Gasteiger partial charge in [0.25, 0.3) is 0 Å². The van der Waals surface area contributed by atoms with Crippen molar-refractivity contribution >= 4 is 44.5 Å². The van der Waals surface area contributed by atoms with Gasteiger partial charge in [-0.15, -0.1) is 22.7 Å². The van der Waals surface area contributed by atoms with Gasteiger partial charge in [-0.2, -0.15) is 0 Å². The van der Waals surface area contributed by atoms with E-state index >= 15 is 0 Å². The second-order valence-electron chi connectivity index (χ2n) is 7.13. The topological polar surface area (TPSA) is 36.4 Å². The molecule has 0 saturated carbocycles. The number of thiophene rings is 2. The summed E-state index contributed by atoms with van der Waals surface area (Å²) in [7, 11) is 0. The second kappa shape index (κ2) is 6.67. The maximum absolute atomic E-state index is 13.2. The number of carbonyl (C=O) groups is 1. The Labute approximate surface area is 161 Å². The first kappa shape index (κ1) is 16.3. The lowest BCUT2D eigenvalue weighted by Gasteiger charge is -2.37. The molecule has 0 N–H and O–H groups in total. The quantitative estimate of drug-likeness (QED) is 0.667. The fraction of sp³-hybridized carbons (Fsp3) is 0.400. The lowest BCUT2D eigenvalue weighted by molar-refractivity contribution is -0.136. The molecule has 4 nitrogen and oxygen atoms in total. The first-order valence-corrected chi connectivity index (χ1v) is 11.0. The maximum atomic E-state index is 13.2. The van der Waals surface area contributed by atoms with Gasteiger partial charge >= 0.3 is 0 Å². The zero-order valence-electron chi connectivity index (χ0n) is 14.6. The highest BCUT2D eigenvalue weighted by Gasteiger charge is 2.32. The number of rotatable bonds is 2. The van der Waals surface area contributed by atoms with Crippen LogP contribution in [0, 0.1) is 5.92 Å². The van der Waals surface area contributed by atoms with E-state index in [-0.39, 0.29) is 5.92 Å². The lowest BCUT2D eigenvalue weighted by atomic mass is 9.95. The van der Waals surface area contributed by atoms with Crippen LogP contribution in [0.2, 0.25) is 0 Å². The van der Waals surface area contributed by atoms with Crippen molar-refractivity contribution in [1.82, 2.24) is 9.88 Å². The van der Waals surface area contributed by atoms with Crippen LogP contribution in [-0.4, -0.2) is 35.4 Å². The van der Waals surface area contributed by atoms with Crippen molar-refractivity contribution in [1.29, 1.82) is 0 Å². The van der Waals surface area contributed by atoms with E-state index in [9.17, 15) is 4.79 Å². The van der Waals surface area contributed by atoms with Gasteiger partial charge in [-0.1, -0.05) is 0 Å². The first-order valence-electron chi connectivity index (χ1n) is 9.21. The van der Waals surface area contributed by atoms with E-state index in [0.29, 0.717) is 5.91 Å². The monoisotopic (exact) mass is 383 g/mol. The standard InChI is InChI=1S/C20H21N3OS2/c24-20(23-9-4-17-14(12-23)5-10-25-17)15-2-1-8-22(13-15)19-16-6-11-26-18(16)3-7-21-19/h3,5-7,10-11,15H,1-2,4,8-9,12-13H2. The Balaban J connectivity index is 1.34. The Morgan fingerprint density at radius 2 is 2.08 bits per heavy atom. The van der Waals surface area contributed by atoms with Crippen LogP contribution in [0.1, 0.15) is 23.3 Å². The summed E-state index contributed by atoms with van der Waals surface area (Å²) in [5.74, 6) is 1.45. The van der Waals surface area contributed by atoms with Crippen LogP contribution < -0.4 is 4.90 Å². The van der Waals surface area contributed by atoms with E-state index in [2.05, 4.69) is 43.7 Å². The number of fused-ring (bicyclic) bond motifs is 2. The van der Waals surface area contributed by atoms with Gasteiger partial charge in [-0.25, -0.2) is 4.98 Å². The molecule has 0 aliphatic carbocycles. The minimum atomic E-state index is 0.0830. The Morgan fingerprint density at radius 3 is 3.04 bits per heavy atom. The number of aromatic nitrogens is 1. The normalized spacial score (nSPS) is 20.4. The molecule has 1 amide bonds. The first-order chi connectivity index (χ1) is 12.8. The average Bonchev–Trinajstić information content (AvgIpc) is 3.35. The molecular formula is C20H21N3OS2. The van der Waals surface area contributed by atoms with E-state index in [4.69, 9.17) is 0 Å². The van der Waals surface area contributed by atoms with Crippen molar-refractivity contribution in [2.45, 2.75) is 25.8 Å². The Morgan fingerprint density at radius 1 is 1.15 bits per heavy atom. The van der Waals surface area contributed by atoms with Crippen LogP contribution >= 0.6 is 22.7 Å². The molecule has 1 fully saturated rings. The molecule has 0 radical (unpaired) electrons. The van der Waals surface area contributed by atoms with Crippen LogP contribution in [0.15, 0.2) is 35.2 Å². The molecule has 5 rings (SSSR count). The molecule has 6 heteroatoms. The summed E-state index contributed by atoms with van der Waals surface area (Å²) in [6.45, 7) is 3.42. The summed E-state index contributed by atoms with van der Waals surface area (Å²) in [6.07, 6.45) is 4.94. The summed E-state index contributed by atoms with van der Waals surface area (Å²) in [5.41, 5.74) is 1.34. The number of anilines is 1. The van der Waals surface area contributed by atoms with Gasteiger partial charge in [0.2, 0.25) is 5.91 Å². The Kier molecular flexibility index (Phi) is 4.17. The van der Waals surface area contributed by atoms with Crippen molar-refractivity contribution < 1.29 is 4.79 Å². The number of carbonyl (C=O) groups excluding carboxylic acids is 1. The highest BCUT2D eigenvalue weighted by Crippen LogP contribution is 2.32. The van der Waals surface area contributed by atoms with E-state index in [0.717, 1.165) is 51.3 Å². The summed E-state index contributed by atoms with van der Waals surface area (Å²) < 4.78 is 1.27. The minimum Gasteiger partial charge on any atom is -0.355 e. The van der Waals surface area contributed by atoms with Crippen molar-refractivity contribution in [3.63, 3.8) is 0 Å². The molecule has 1 saturated heterocycles. The SMILES string of the molecule is O=C(C1CCCN(c2nccc3sccc23)C1)N1CCc2sccc2C1. The van der Waals surface area contributed by atoms with Crippen molar-refractivity contribution in [3.05, 3.63) is 45.6 Å². The third-order valence-electron chi connectivity index (χ3n) is 5.55. The molecule has 3 aromatic heterocycles. The predicted molar refractivity (Wildman–Crippen MR) is 108 cm³/mol. The smallest absolute Gasteiger partial charge is 0.227 e. The third-order valence-corrected chi connectivity index (χ3v) is 7.45. The number of nitrogens with zero attached hydrogens (tertiary/aromatic N) is 3. The van der Waals surface area contributed by atoms with Crippen molar-refractivity contribution in [2.75, 3.05) is 24.5 Å². The van der Waals surface area contributed by atoms with Gasteiger partial charge in [-0.05, 0) is 53.8 Å². The number of hydrogen-bond acceptors (Lipinski definition) is 5. The van der Waals surface area contributed by atoms with E-state index < -0.39 is 0 Å². The molecule has 26 heavy (non-hydrogen) atoms. The Hall–Kier alpha value is -1.92. The highest BCUT2D eigenvalue weighted by atomic mass is 32.1. The fourth-order valence-corrected chi connectivity index (χ4v) is 5.86. The number of amides is 1. The molecule has 0 aromatic carbocycles. The lowest BCUT2D eigenvalue weighted by Crippen LogP contribution is -2.46. The number of pyridine rings is 1. The summed E-state index contributed by atoms with van der Waals surface area (Å²) >= 11 is 3.57. The van der Waals surface area contributed by atoms with Gasteiger partial charge in [0.15, 0.2) is 0 Å². The largest absolute Gasteiger partial charge is 0.355 e. The molecular weight excluding hydrogens is 362 g/mol. The molecule has 5 heterocycles. The minimum absolute atomic E-state index is 0.0830. The second-order valence-corrected chi connectivity index (χ2v) is 9.08. The van der Waals surface area contributed by atoms with E-state index in [1.807, 2.05) is 17.5 Å². The zero-order valence-corrected chi connectivity index (χ0v) is 16.2. The average molecular weight is 384 g/mol. The molecule has 0 spiro atoms. The molecule has 2 aliphatic rings. The summed E-state index contributed by atoms with van der Waals surface area (Å²) in [5, 5.41) is 5.48. The maximum Gasteiger partial charge on any atom is 0.227 e. The van der Waals surface area contributed by atoms with Crippen molar-refractivity contribution in [2.24, 2.45) is 5.92 Å². The molecule has 2 aliphatic heterocycles. The van der Waals surface area contributed by atoms with Gasteiger partial charge in [0.1, 0.15) is 5.82 Å². The van der Waals surface area contributed by atoms with E-state index in [1.165, 1.54) is 20.5 Å². The van der Waals surface area contributed by atoms with Gasteiger partial charge in [0, 0.05) is 47.3 Å². The fourth-order valence-electron chi connectivity index (χ4n) is 4.20. The Bertz CT molecular complexity index is 947. The zero-order chi connectivity index (χ0) is 17.5. The number of piperidine rings is 1. The highest BCUT2D eigenvalue weighted by molar-refractivity contribution is 7.17. The van der Waals surface area contributed by atoms with Crippen molar-refractivity contribution in [3.8, 4) is 0 Å². The van der Waals surface area contributed by atoms with Crippen LogP contribution in [0.5, 0.6) is 0 Å². The van der Waals surface area contributed by atoms with Gasteiger partial charge < -0.3 is 9.80 Å². The third kappa shape index (κ3) is 2.81. The predicted octanol–water partition coefficient (Wildman–Crippen LogP) is 4.16. The summed E-state index contributed by atoms with van der Waals surface area (Å²) in [4.78, 5) is 23.6. The van der Waals surface area contributed by atoms with Gasteiger partial charge in [-0.3, -0.25) is 4.79 Å². The molecule has 0 bridgehead atoms. The van der Waals surface area contributed by atoms with Gasteiger partial charge in [0.05, 0.1) is 5.92 Å². The van der Waals surface area contributed by atoms with E-state index in [1.54, 1.807) is 11.3 Å². The summed E-state index contributed by atoms with van der Waals surface area (Å²) in [6, 6.07) is 6.40. The number of hydrogen-bond donors (Lipinski definition) is 0.